The SMILES string of the molecule is Cc1c(C(=O)N2CSCC2C(=O)O)sc2ccccc12. The first kappa shape index (κ1) is 13.5. The Labute approximate surface area is 124 Å². The van der Waals surface area contributed by atoms with Crippen molar-refractivity contribution in [3.8, 4) is 0 Å². The summed E-state index contributed by atoms with van der Waals surface area (Å²) in [5.41, 5.74) is 0.941. The number of amides is 1. The van der Waals surface area contributed by atoms with Crippen LogP contribution in [0.25, 0.3) is 10.1 Å². The van der Waals surface area contributed by atoms with Gasteiger partial charge in [0, 0.05) is 10.5 Å². The fourth-order valence-electron chi connectivity index (χ4n) is 2.36. The summed E-state index contributed by atoms with van der Waals surface area (Å²) in [7, 11) is 0. The highest BCUT2D eigenvalue weighted by Crippen LogP contribution is 2.33. The van der Waals surface area contributed by atoms with Crippen LogP contribution in [0, 0.1) is 6.92 Å². The maximum atomic E-state index is 12.6. The summed E-state index contributed by atoms with van der Waals surface area (Å²) in [4.78, 5) is 25.9. The number of carbonyl (C=O) groups is 2. The number of fused-ring (bicyclic) bond motifs is 1. The minimum atomic E-state index is -0.929. The van der Waals surface area contributed by atoms with E-state index in [9.17, 15) is 14.7 Å². The molecule has 1 saturated heterocycles. The quantitative estimate of drug-likeness (QED) is 0.927. The van der Waals surface area contributed by atoms with Crippen LogP contribution in [-0.2, 0) is 4.79 Å². The highest BCUT2D eigenvalue weighted by Gasteiger charge is 2.36. The molecule has 0 spiro atoms. The zero-order valence-corrected chi connectivity index (χ0v) is 12.5. The van der Waals surface area contributed by atoms with Crippen molar-refractivity contribution in [2.24, 2.45) is 0 Å². The van der Waals surface area contributed by atoms with Gasteiger partial charge in [-0.05, 0) is 23.9 Å². The number of aliphatic carboxylic acids is 1. The van der Waals surface area contributed by atoms with Crippen LogP contribution < -0.4 is 0 Å². The summed E-state index contributed by atoms with van der Waals surface area (Å²) in [5.74, 6) is -0.183. The van der Waals surface area contributed by atoms with E-state index in [0.717, 1.165) is 15.6 Å². The van der Waals surface area contributed by atoms with E-state index in [1.54, 1.807) is 0 Å². The van der Waals surface area contributed by atoms with Crippen LogP contribution in [0.15, 0.2) is 24.3 Å². The zero-order chi connectivity index (χ0) is 14.3. The summed E-state index contributed by atoms with van der Waals surface area (Å²) in [5, 5.41) is 10.3. The third-order valence-electron chi connectivity index (χ3n) is 3.47. The predicted octanol–water partition coefficient (Wildman–Crippen LogP) is 2.81. The number of thiophene rings is 1. The molecule has 1 atom stereocenters. The Morgan fingerprint density at radius 2 is 2.10 bits per heavy atom. The third-order valence-corrected chi connectivity index (χ3v) is 5.74. The molecule has 1 fully saturated rings. The van der Waals surface area contributed by atoms with Crippen molar-refractivity contribution in [3.63, 3.8) is 0 Å². The van der Waals surface area contributed by atoms with Gasteiger partial charge in [0.1, 0.15) is 6.04 Å². The lowest BCUT2D eigenvalue weighted by atomic mass is 10.1. The van der Waals surface area contributed by atoms with Crippen LogP contribution >= 0.6 is 23.1 Å². The minimum absolute atomic E-state index is 0.166. The molecule has 0 bridgehead atoms. The van der Waals surface area contributed by atoms with Gasteiger partial charge < -0.3 is 10.0 Å². The van der Waals surface area contributed by atoms with Crippen molar-refractivity contribution in [2.75, 3.05) is 11.6 Å². The molecule has 4 nitrogen and oxygen atoms in total. The number of hydrogen-bond acceptors (Lipinski definition) is 4. The summed E-state index contributed by atoms with van der Waals surface area (Å²) < 4.78 is 1.06. The molecule has 3 rings (SSSR count). The molecule has 6 heteroatoms. The van der Waals surface area contributed by atoms with E-state index in [-0.39, 0.29) is 5.91 Å². The Bertz CT molecular complexity index is 695. The molecular weight excluding hydrogens is 294 g/mol. The molecule has 1 unspecified atom stereocenters. The summed E-state index contributed by atoms with van der Waals surface area (Å²) >= 11 is 2.92. The van der Waals surface area contributed by atoms with E-state index < -0.39 is 12.0 Å². The largest absolute Gasteiger partial charge is 0.480 e. The van der Waals surface area contributed by atoms with Crippen LogP contribution in [0.4, 0.5) is 0 Å². The van der Waals surface area contributed by atoms with Gasteiger partial charge in [0.05, 0.1) is 10.8 Å². The van der Waals surface area contributed by atoms with Crippen molar-refractivity contribution in [3.05, 3.63) is 34.7 Å². The number of aryl methyl sites for hydroxylation is 1. The number of thioether (sulfide) groups is 1. The summed E-state index contributed by atoms with van der Waals surface area (Å²) in [6.45, 7) is 1.92. The second-order valence-electron chi connectivity index (χ2n) is 4.68. The standard InChI is InChI=1S/C14H13NO3S2/c1-8-9-4-2-3-5-11(9)20-12(8)13(16)15-7-19-6-10(15)14(17)18/h2-5,10H,6-7H2,1H3,(H,17,18). The number of benzene rings is 1. The summed E-state index contributed by atoms with van der Waals surface area (Å²) in [6.07, 6.45) is 0. The maximum Gasteiger partial charge on any atom is 0.327 e. The minimum Gasteiger partial charge on any atom is -0.480 e. The fourth-order valence-corrected chi connectivity index (χ4v) is 4.67. The van der Waals surface area contributed by atoms with Crippen LogP contribution in [0.5, 0.6) is 0 Å². The number of rotatable bonds is 2. The average Bonchev–Trinajstić information content (AvgIpc) is 3.04. The Kier molecular flexibility index (Phi) is 3.43. The van der Waals surface area contributed by atoms with Crippen LogP contribution in [0.3, 0.4) is 0 Å². The molecule has 20 heavy (non-hydrogen) atoms. The average molecular weight is 307 g/mol. The molecule has 1 aromatic carbocycles. The second-order valence-corrected chi connectivity index (χ2v) is 6.73. The molecule has 0 saturated carbocycles. The lowest BCUT2D eigenvalue weighted by Gasteiger charge is -2.19. The van der Waals surface area contributed by atoms with Gasteiger partial charge in [0.2, 0.25) is 0 Å². The summed E-state index contributed by atoms with van der Waals surface area (Å²) in [6, 6.07) is 7.15. The molecule has 1 N–H and O–H groups in total. The molecule has 2 aromatic rings. The number of nitrogens with zero attached hydrogens (tertiary/aromatic N) is 1. The zero-order valence-electron chi connectivity index (χ0n) is 10.8. The van der Waals surface area contributed by atoms with Crippen molar-refractivity contribution in [1.82, 2.24) is 4.90 Å². The molecule has 1 aliphatic rings. The number of carboxylic acids is 1. The molecule has 2 heterocycles. The fraction of sp³-hybridized carbons (Fsp3) is 0.286. The molecule has 1 aromatic heterocycles. The van der Waals surface area contributed by atoms with Crippen molar-refractivity contribution in [2.45, 2.75) is 13.0 Å². The maximum absolute atomic E-state index is 12.6. The predicted molar refractivity (Wildman–Crippen MR) is 81.5 cm³/mol. The van der Waals surface area contributed by atoms with Crippen LogP contribution in [0.1, 0.15) is 15.2 Å². The van der Waals surface area contributed by atoms with Gasteiger partial charge in [0.25, 0.3) is 5.91 Å². The number of carbonyl (C=O) groups excluding carboxylic acids is 1. The smallest absolute Gasteiger partial charge is 0.327 e. The first-order valence-electron chi connectivity index (χ1n) is 6.19. The Balaban J connectivity index is 2.00. The Morgan fingerprint density at radius 1 is 1.35 bits per heavy atom. The molecule has 1 amide bonds. The van der Waals surface area contributed by atoms with Crippen molar-refractivity contribution < 1.29 is 14.7 Å². The van der Waals surface area contributed by atoms with Gasteiger partial charge in [-0.1, -0.05) is 18.2 Å². The number of hydrogen-bond donors (Lipinski definition) is 1. The van der Waals surface area contributed by atoms with E-state index in [0.29, 0.717) is 16.5 Å². The van der Waals surface area contributed by atoms with Crippen LogP contribution in [-0.4, -0.2) is 39.6 Å². The van der Waals surface area contributed by atoms with E-state index in [2.05, 4.69) is 0 Å². The van der Waals surface area contributed by atoms with E-state index in [1.807, 2.05) is 31.2 Å². The van der Waals surface area contributed by atoms with E-state index in [1.165, 1.54) is 28.0 Å². The topological polar surface area (TPSA) is 57.6 Å². The molecule has 104 valence electrons. The highest BCUT2D eigenvalue weighted by atomic mass is 32.2. The van der Waals surface area contributed by atoms with Gasteiger partial charge in [-0.25, -0.2) is 4.79 Å². The normalized spacial score (nSPS) is 18.6. The van der Waals surface area contributed by atoms with Crippen molar-refractivity contribution in [1.29, 1.82) is 0 Å². The van der Waals surface area contributed by atoms with E-state index in [4.69, 9.17) is 0 Å². The third kappa shape index (κ3) is 2.09. The first-order chi connectivity index (χ1) is 9.59. The molecular formula is C14H13NO3S2. The molecule has 0 aliphatic carbocycles. The lowest BCUT2D eigenvalue weighted by Crippen LogP contribution is -2.41. The molecule has 1 aliphatic heterocycles. The first-order valence-corrected chi connectivity index (χ1v) is 8.16. The lowest BCUT2D eigenvalue weighted by molar-refractivity contribution is -0.140. The monoisotopic (exact) mass is 307 g/mol. The van der Waals surface area contributed by atoms with Crippen LogP contribution in [0.2, 0.25) is 0 Å². The van der Waals surface area contributed by atoms with E-state index >= 15 is 0 Å². The number of carboxylic acid groups (broad SMARTS) is 1. The van der Waals surface area contributed by atoms with Crippen molar-refractivity contribution >= 4 is 45.1 Å². The molecule has 0 radical (unpaired) electrons. The van der Waals surface area contributed by atoms with Gasteiger partial charge in [-0.3, -0.25) is 4.79 Å². The second kappa shape index (κ2) is 5.10. The highest BCUT2D eigenvalue weighted by molar-refractivity contribution is 7.99. The van der Waals surface area contributed by atoms with Gasteiger partial charge >= 0.3 is 5.97 Å². The van der Waals surface area contributed by atoms with Gasteiger partial charge in [0.15, 0.2) is 0 Å². The Hall–Kier alpha value is -1.53. The van der Waals surface area contributed by atoms with Gasteiger partial charge in [-0.2, -0.15) is 0 Å². The van der Waals surface area contributed by atoms with Gasteiger partial charge in [-0.15, -0.1) is 23.1 Å². The Morgan fingerprint density at radius 3 is 2.80 bits per heavy atom.